The van der Waals surface area contributed by atoms with Crippen LogP contribution in [0.5, 0.6) is 28.7 Å². The second kappa shape index (κ2) is 15.4. The van der Waals surface area contributed by atoms with Gasteiger partial charge in [-0.3, -0.25) is 0 Å². The van der Waals surface area contributed by atoms with Crippen molar-refractivity contribution in [1.82, 2.24) is 4.57 Å². The number of nitrogens with zero attached hydrogens (tertiary/aromatic N) is 1. The van der Waals surface area contributed by atoms with Gasteiger partial charge < -0.3 is 37.6 Å². The molecule has 0 atom stereocenters. The molecule has 6 aromatic rings. The Morgan fingerprint density at radius 1 is 0.545 bits per heavy atom. The summed E-state index contributed by atoms with van der Waals surface area (Å²) < 4.78 is 44.8. The number of fused-ring (bicyclic) bond motifs is 1. The van der Waals surface area contributed by atoms with Gasteiger partial charge in [0.2, 0.25) is 0 Å². The predicted molar refractivity (Wildman–Crippen MR) is 221 cm³/mol. The molecule has 284 valence electrons. The van der Waals surface area contributed by atoms with Crippen molar-refractivity contribution >= 4 is 23.5 Å². The number of hydrogen-bond acceptors (Lipinski definition) is 7. The summed E-state index contributed by atoms with van der Waals surface area (Å²) in [6.45, 7) is 9.04. The summed E-state index contributed by atoms with van der Waals surface area (Å²) in [4.78, 5) is 0. The zero-order valence-electron chi connectivity index (χ0n) is 33.3. The Morgan fingerprint density at radius 2 is 0.982 bits per heavy atom. The lowest BCUT2D eigenvalue weighted by Crippen LogP contribution is -2.41. The standard InChI is InChI=1S/C46H50BNO7/c1-45(2)46(3,4)55-47(54-45)38-29-40(53-9)42(33-16-24-37(52-8)25-17-33)44-43(38)41(32-14-22-36(51-7)23-15-32)39(28-31-12-20-35(50-6)21-13-31)48(44)27-26-30-10-18-34(49-5)19-11-30/h10-25,29H,26-28H2,1-9H3. The fraction of sp³-hybridized carbons (Fsp3) is 0.304. The van der Waals surface area contributed by atoms with Crippen molar-refractivity contribution in [1.29, 1.82) is 0 Å². The number of rotatable bonds is 13. The van der Waals surface area contributed by atoms with Crippen LogP contribution in [-0.2, 0) is 28.7 Å². The molecule has 0 saturated carbocycles. The predicted octanol–water partition coefficient (Wildman–Crippen LogP) is 9.15. The van der Waals surface area contributed by atoms with Gasteiger partial charge >= 0.3 is 7.12 Å². The van der Waals surface area contributed by atoms with Gasteiger partial charge in [-0.1, -0.05) is 48.5 Å². The maximum Gasteiger partial charge on any atom is 0.495 e. The minimum atomic E-state index is -0.658. The first-order valence-electron chi connectivity index (χ1n) is 18.7. The first-order chi connectivity index (χ1) is 26.5. The van der Waals surface area contributed by atoms with E-state index in [-0.39, 0.29) is 0 Å². The highest BCUT2D eigenvalue weighted by Gasteiger charge is 2.52. The van der Waals surface area contributed by atoms with Gasteiger partial charge in [-0.15, -0.1) is 0 Å². The van der Waals surface area contributed by atoms with Gasteiger partial charge in [0.25, 0.3) is 0 Å². The summed E-state index contributed by atoms with van der Waals surface area (Å²) in [7, 11) is 7.84. The van der Waals surface area contributed by atoms with Gasteiger partial charge in [0.1, 0.15) is 28.7 Å². The lowest BCUT2D eigenvalue weighted by atomic mass is 9.74. The quantitative estimate of drug-likeness (QED) is 0.110. The minimum Gasteiger partial charge on any atom is -0.497 e. The monoisotopic (exact) mass is 739 g/mol. The van der Waals surface area contributed by atoms with Crippen molar-refractivity contribution in [2.75, 3.05) is 35.5 Å². The van der Waals surface area contributed by atoms with Gasteiger partial charge in [-0.05, 0) is 116 Å². The van der Waals surface area contributed by atoms with Crippen LogP contribution in [0, 0.1) is 0 Å². The van der Waals surface area contributed by atoms with Crippen LogP contribution in [0.25, 0.3) is 33.2 Å². The van der Waals surface area contributed by atoms with Crippen LogP contribution in [0.4, 0.5) is 0 Å². The van der Waals surface area contributed by atoms with Crippen LogP contribution in [-0.4, -0.2) is 58.4 Å². The van der Waals surface area contributed by atoms with E-state index >= 15 is 0 Å². The summed E-state index contributed by atoms with van der Waals surface area (Å²) in [5.74, 6) is 3.93. The lowest BCUT2D eigenvalue weighted by Gasteiger charge is -2.32. The Bertz CT molecular complexity index is 2240. The third-order valence-corrected chi connectivity index (χ3v) is 11.2. The largest absolute Gasteiger partial charge is 0.497 e. The topological polar surface area (TPSA) is 69.5 Å². The molecule has 0 radical (unpaired) electrons. The lowest BCUT2D eigenvalue weighted by molar-refractivity contribution is 0.00578. The average Bonchev–Trinajstić information content (AvgIpc) is 3.64. The highest BCUT2D eigenvalue weighted by Crippen LogP contribution is 2.46. The molecule has 2 heterocycles. The van der Waals surface area contributed by atoms with E-state index in [2.05, 4.69) is 86.9 Å². The summed E-state index contributed by atoms with van der Waals surface area (Å²) in [6, 6.07) is 35.3. The second-order valence-corrected chi connectivity index (χ2v) is 14.9. The SMILES string of the molecule is COc1ccc(CCn2c(Cc3ccc(OC)cc3)c(-c3ccc(OC)cc3)c3c(B4OC(C)(C)C(C)(C)O4)cc(OC)c(-c4ccc(OC)cc4)c32)cc1. The molecule has 1 saturated heterocycles. The van der Waals surface area contributed by atoms with Crippen LogP contribution in [0.3, 0.4) is 0 Å². The molecule has 8 nitrogen and oxygen atoms in total. The van der Waals surface area contributed by atoms with Crippen molar-refractivity contribution in [3.05, 3.63) is 120 Å². The van der Waals surface area contributed by atoms with Crippen LogP contribution in [0.15, 0.2) is 103 Å². The molecule has 0 aliphatic carbocycles. The molecule has 0 unspecified atom stereocenters. The first kappa shape index (κ1) is 37.9. The Hall–Kier alpha value is -5.38. The van der Waals surface area contributed by atoms with E-state index in [4.69, 9.17) is 33.0 Å². The van der Waals surface area contributed by atoms with E-state index in [9.17, 15) is 0 Å². The molecule has 1 aliphatic heterocycles. The normalized spacial score (nSPS) is 14.6. The molecular weight excluding hydrogens is 689 g/mol. The minimum absolute atomic E-state index is 0.561. The number of aryl methyl sites for hydroxylation is 2. The van der Waals surface area contributed by atoms with Crippen molar-refractivity contribution < 1.29 is 33.0 Å². The van der Waals surface area contributed by atoms with Crippen LogP contribution in [0.2, 0.25) is 0 Å². The highest BCUT2D eigenvalue weighted by atomic mass is 16.7. The first-order valence-corrected chi connectivity index (χ1v) is 18.7. The highest BCUT2D eigenvalue weighted by molar-refractivity contribution is 6.66. The average molecular weight is 740 g/mol. The molecule has 0 amide bonds. The summed E-state index contributed by atoms with van der Waals surface area (Å²) in [5, 5.41) is 1.05. The van der Waals surface area contributed by atoms with Gasteiger partial charge in [0, 0.05) is 35.2 Å². The maximum absolute atomic E-state index is 6.86. The van der Waals surface area contributed by atoms with Gasteiger partial charge in [0.05, 0.1) is 52.3 Å². The van der Waals surface area contributed by atoms with Crippen molar-refractivity contribution in [2.45, 2.75) is 58.3 Å². The van der Waals surface area contributed by atoms with E-state index < -0.39 is 18.3 Å². The maximum atomic E-state index is 6.86. The second-order valence-electron chi connectivity index (χ2n) is 14.9. The fourth-order valence-electron chi connectivity index (χ4n) is 7.43. The zero-order valence-corrected chi connectivity index (χ0v) is 33.3. The van der Waals surface area contributed by atoms with Gasteiger partial charge in [-0.2, -0.15) is 0 Å². The smallest absolute Gasteiger partial charge is 0.495 e. The molecule has 0 bridgehead atoms. The number of benzene rings is 5. The molecular formula is C46H50BNO7. The molecule has 55 heavy (non-hydrogen) atoms. The molecule has 5 aromatic carbocycles. The third-order valence-electron chi connectivity index (χ3n) is 11.2. The fourth-order valence-corrected chi connectivity index (χ4v) is 7.43. The van der Waals surface area contributed by atoms with E-state index in [0.29, 0.717) is 13.0 Å². The van der Waals surface area contributed by atoms with E-state index in [1.807, 2.05) is 48.5 Å². The number of aromatic nitrogens is 1. The Balaban J connectivity index is 1.60. The molecule has 1 aliphatic rings. The Labute approximate surface area is 325 Å². The van der Waals surface area contributed by atoms with Gasteiger partial charge in [0.15, 0.2) is 0 Å². The van der Waals surface area contributed by atoms with Gasteiger partial charge in [-0.25, -0.2) is 0 Å². The summed E-state index contributed by atoms with van der Waals surface area (Å²) in [5.41, 5.74) is 8.47. The van der Waals surface area contributed by atoms with E-state index in [0.717, 1.165) is 85.0 Å². The Morgan fingerprint density at radius 3 is 1.44 bits per heavy atom. The van der Waals surface area contributed by atoms with Crippen molar-refractivity contribution in [2.24, 2.45) is 0 Å². The van der Waals surface area contributed by atoms with Crippen LogP contribution < -0.4 is 29.1 Å². The number of methoxy groups -OCH3 is 5. The molecule has 7 rings (SSSR count). The van der Waals surface area contributed by atoms with Crippen molar-refractivity contribution in [3.8, 4) is 51.0 Å². The molecule has 0 spiro atoms. The molecule has 0 N–H and O–H groups in total. The zero-order chi connectivity index (χ0) is 38.9. The summed E-state index contributed by atoms with van der Waals surface area (Å²) >= 11 is 0. The molecule has 1 fully saturated rings. The van der Waals surface area contributed by atoms with Crippen LogP contribution >= 0.6 is 0 Å². The van der Waals surface area contributed by atoms with E-state index in [1.165, 1.54) is 5.56 Å². The molecule has 1 aromatic heterocycles. The third kappa shape index (κ3) is 7.26. The van der Waals surface area contributed by atoms with Crippen LogP contribution in [0.1, 0.15) is 44.5 Å². The summed E-state index contributed by atoms with van der Waals surface area (Å²) in [6.07, 6.45) is 1.42. The molecule has 9 heteroatoms. The number of ether oxygens (including phenoxy) is 5. The van der Waals surface area contributed by atoms with Crippen molar-refractivity contribution in [3.63, 3.8) is 0 Å². The Kier molecular flexibility index (Phi) is 10.6. The number of hydrogen-bond donors (Lipinski definition) is 0. The van der Waals surface area contributed by atoms with E-state index in [1.54, 1.807) is 35.5 Å².